The van der Waals surface area contributed by atoms with Gasteiger partial charge in [-0.05, 0) is 20.3 Å². The summed E-state index contributed by atoms with van der Waals surface area (Å²) in [5, 5.41) is 3.39. The van der Waals surface area contributed by atoms with Gasteiger partial charge >= 0.3 is 0 Å². The van der Waals surface area contributed by atoms with Crippen molar-refractivity contribution in [1.29, 1.82) is 0 Å². The van der Waals surface area contributed by atoms with E-state index in [1.54, 1.807) is 0 Å². The van der Waals surface area contributed by atoms with Crippen LogP contribution in [0.4, 0.5) is 0 Å². The second-order valence-corrected chi connectivity index (χ2v) is 6.31. The van der Waals surface area contributed by atoms with Crippen LogP contribution in [0.25, 0.3) is 0 Å². The van der Waals surface area contributed by atoms with Gasteiger partial charge in [0.15, 0.2) is 5.96 Å². The minimum atomic E-state index is 0. The molecule has 0 aromatic carbocycles. The molecule has 5 heteroatoms. The van der Waals surface area contributed by atoms with Crippen LogP contribution in [0.15, 0.2) is 4.99 Å². The third-order valence-corrected chi connectivity index (χ3v) is 3.77. The Morgan fingerprint density at radius 3 is 2.69 bits per heavy atom. The summed E-state index contributed by atoms with van der Waals surface area (Å²) in [6.45, 7) is 9.99. The minimum Gasteiger partial charge on any atom is -0.356 e. The molecule has 0 amide bonds. The Kier molecular flexibility index (Phi) is 7.80. The van der Waals surface area contributed by atoms with Crippen LogP contribution in [0.3, 0.4) is 0 Å². The van der Waals surface area contributed by atoms with Crippen LogP contribution in [0.2, 0.25) is 0 Å². The number of guanidine groups is 1. The number of aliphatic imine (C=N–C) groups is 1. The molecule has 0 saturated carbocycles. The number of halogens is 1. The van der Waals surface area contributed by atoms with Crippen LogP contribution in [-0.4, -0.2) is 48.0 Å². The molecule has 0 aliphatic carbocycles. The van der Waals surface area contributed by atoms with Crippen molar-refractivity contribution in [3.8, 4) is 0 Å². The van der Waals surface area contributed by atoms with E-state index in [0.717, 1.165) is 32.0 Å². The van der Waals surface area contributed by atoms with E-state index in [-0.39, 0.29) is 24.0 Å². The topological polar surface area (TPSA) is 27.6 Å². The van der Waals surface area contributed by atoms with E-state index < -0.39 is 0 Å². The fourth-order valence-corrected chi connectivity index (χ4v) is 2.88. The molecule has 16 heavy (non-hydrogen) atoms. The van der Waals surface area contributed by atoms with Crippen molar-refractivity contribution in [2.75, 3.05) is 32.4 Å². The van der Waals surface area contributed by atoms with Gasteiger partial charge in [0, 0.05) is 37.2 Å². The number of nitrogens with one attached hydrogen (secondary N) is 1. The highest BCUT2D eigenvalue weighted by Crippen LogP contribution is 2.29. The van der Waals surface area contributed by atoms with Gasteiger partial charge in [-0.15, -0.1) is 24.0 Å². The van der Waals surface area contributed by atoms with Crippen molar-refractivity contribution < 1.29 is 0 Å². The Morgan fingerprint density at radius 2 is 2.19 bits per heavy atom. The Balaban J connectivity index is 0.00000225. The Hall–Kier alpha value is 0.350. The van der Waals surface area contributed by atoms with Crippen molar-refractivity contribution in [2.45, 2.75) is 31.9 Å². The highest BCUT2D eigenvalue weighted by molar-refractivity contribution is 14.0. The average Bonchev–Trinajstić information content (AvgIpc) is 2.17. The quantitative estimate of drug-likeness (QED) is 0.467. The van der Waals surface area contributed by atoms with E-state index >= 15 is 0 Å². The van der Waals surface area contributed by atoms with Gasteiger partial charge in [0.05, 0.1) is 0 Å². The predicted molar refractivity (Wildman–Crippen MR) is 85.2 cm³/mol. The highest BCUT2D eigenvalue weighted by Gasteiger charge is 2.28. The summed E-state index contributed by atoms with van der Waals surface area (Å²) in [7, 11) is 1.87. The molecule has 1 aliphatic rings. The molecule has 0 unspecified atom stereocenters. The Morgan fingerprint density at radius 1 is 1.50 bits per heavy atom. The number of thioether (sulfide) groups is 1. The van der Waals surface area contributed by atoms with Gasteiger partial charge < -0.3 is 10.2 Å². The normalized spacial score (nSPS) is 20.2. The average molecular weight is 357 g/mol. The third kappa shape index (κ3) is 5.12. The molecule has 96 valence electrons. The van der Waals surface area contributed by atoms with Crippen LogP contribution < -0.4 is 5.32 Å². The molecule has 0 aromatic rings. The molecule has 3 nitrogen and oxygen atoms in total. The van der Waals surface area contributed by atoms with Crippen LogP contribution in [0.5, 0.6) is 0 Å². The lowest BCUT2D eigenvalue weighted by atomic mass is 10.2. The molecule has 1 saturated heterocycles. The standard InChI is InChI=1S/C11H23N3S.HI/c1-5-6-13-10(12-4)14-7-8-15-11(2,3)9-14;/h5-9H2,1-4H3,(H,12,13);1H. The van der Waals surface area contributed by atoms with Gasteiger partial charge in [0.1, 0.15) is 0 Å². The zero-order valence-corrected chi connectivity index (χ0v) is 13.9. The van der Waals surface area contributed by atoms with E-state index in [0.29, 0.717) is 4.75 Å². The van der Waals surface area contributed by atoms with E-state index in [4.69, 9.17) is 0 Å². The third-order valence-electron chi connectivity index (χ3n) is 2.47. The molecule has 1 aliphatic heterocycles. The largest absolute Gasteiger partial charge is 0.356 e. The zero-order valence-electron chi connectivity index (χ0n) is 10.7. The lowest BCUT2D eigenvalue weighted by Gasteiger charge is -2.39. The predicted octanol–water partition coefficient (Wildman–Crippen LogP) is 2.42. The summed E-state index contributed by atoms with van der Waals surface area (Å²) in [5.41, 5.74) is 0. The molecule has 1 rings (SSSR count). The van der Waals surface area contributed by atoms with E-state index in [2.05, 4.69) is 47.7 Å². The SMILES string of the molecule is CCCNC(=NC)N1CCSC(C)(C)C1.I. The second-order valence-electron chi connectivity index (χ2n) is 4.50. The van der Waals surface area contributed by atoms with E-state index in [1.807, 2.05) is 7.05 Å². The Labute approximate surface area is 121 Å². The first-order valence-electron chi connectivity index (χ1n) is 5.68. The first-order chi connectivity index (χ1) is 7.09. The first-order valence-corrected chi connectivity index (χ1v) is 6.67. The van der Waals surface area contributed by atoms with Gasteiger partial charge in [0.25, 0.3) is 0 Å². The zero-order chi connectivity index (χ0) is 11.3. The lowest BCUT2D eigenvalue weighted by Crippen LogP contribution is -2.51. The molecule has 0 spiro atoms. The molecular formula is C11H24IN3S. The molecule has 0 radical (unpaired) electrons. The van der Waals surface area contributed by atoms with Gasteiger partial charge in [-0.2, -0.15) is 11.8 Å². The minimum absolute atomic E-state index is 0. The van der Waals surface area contributed by atoms with Gasteiger partial charge in [-0.1, -0.05) is 6.92 Å². The Bertz CT molecular complexity index is 231. The number of hydrogen-bond acceptors (Lipinski definition) is 2. The molecular weight excluding hydrogens is 333 g/mol. The second kappa shape index (κ2) is 7.63. The number of rotatable bonds is 2. The summed E-state index contributed by atoms with van der Waals surface area (Å²) in [6, 6.07) is 0. The van der Waals surface area contributed by atoms with Crippen molar-refractivity contribution in [3.05, 3.63) is 0 Å². The molecule has 0 atom stereocenters. The molecule has 0 bridgehead atoms. The number of nitrogens with zero attached hydrogens (tertiary/aromatic N) is 2. The fourth-order valence-electron chi connectivity index (χ4n) is 1.77. The number of hydrogen-bond donors (Lipinski definition) is 1. The monoisotopic (exact) mass is 357 g/mol. The summed E-state index contributed by atoms with van der Waals surface area (Å²) in [4.78, 5) is 6.70. The fraction of sp³-hybridized carbons (Fsp3) is 0.909. The van der Waals surface area contributed by atoms with Gasteiger partial charge in [-0.25, -0.2) is 0 Å². The van der Waals surface area contributed by atoms with E-state index in [1.165, 1.54) is 5.75 Å². The maximum absolute atomic E-state index is 4.34. The van der Waals surface area contributed by atoms with Crippen LogP contribution in [0.1, 0.15) is 27.2 Å². The van der Waals surface area contributed by atoms with Crippen molar-refractivity contribution >= 4 is 41.7 Å². The van der Waals surface area contributed by atoms with Crippen LogP contribution in [0, 0.1) is 0 Å². The summed E-state index contributed by atoms with van der Waals surface area (Å²) < 4.78 is 0.349. The van der Waals surface area contributed by atoms with Crippen LogP contribution >= 0.6 is 35.7 Å². The maximum atomic E-state index is 4.34. The van der Waals surface area contributed by atoms with Gasteiger partial charge in [0.2, 0.25) is 0 Å². The van der Waals surface area contributed by atoms with Crippen molar-refractivity contribution in [1.82, 2.24) is 10.2 Å². The molecule has 0 aromatic heterocycles. The van der Waals surface area contributed by atoms with E-state index in [9.17, 15) is 0 Å². The molecule has 1 fully saturated rings. The summed E-state index contributed by atoms with van der Waals surface area (Å²) in [5.74, 6) is 2.25. The van der Waals surface area contributed by atoms with Gasteiger partial charge in [-0.3, -0.25) is 4.99 Å². The highest BCUT2D eigenvalue weighted by atomic mass is 127. The van der Waals surface area contributed by atoms with Crippen molar-refractivity contribution in [2.24, 2.45) is 4.99 Å². The molecule has 1 N–H and O–H groups in total. The first kappa shape index (κ1) is 16.4. The van der Waals surface area contributed by atoms with Crippen LogP contribution in [-0.2, 0) is 0 Å². The maximum Gasteiger partial charge on any atom is 0.193 e. The van der Waals surface area contributed by atoms with Crippen molar-refractivity contribution in [3.63, 3.8) is 0 Å². The summed E-state index contributed by atoms with van der Waals surface area (Å²) in [6.07, 6.45) is 1.14. The lowest BCUT2D eigenvalue weighted by molar-refractivity contribution is 0.376. The molecule has 1 heterocycles. The smallest absolute Gasteiger partial charge is 0.193 e. The summed E-state index contributed by atoms with van der Waals surface area (Å²) >= 11 is 2.05.